The molecule has 0 spiro atoms. The van der Waals surface area contributed by atoms with Gasteiger partial charge >= 0.3 is 0 Å². The van der Waals surface area contributed by atoms with E-state index in [1.54, 1.807) is 0 Å². The molecule has 4 nitrogen and oxygen atoms in total. The Morgan fingerprint density at radius 3 is 2.80 bits per heavy atom. The highest BCUT2D eigenvalue weighted by atomic mass is 15.2. The summed E-state index contributed by atoms with van der Waals surface area (Å²) in [5.74, 6) is 1.74. The average Bonchev–Trinajstić information content (AvgIpc) is 2.40. The van der Waals surface area contributed by atoms with E-state index in [0.717, 1.165) is 29.7 Å². The zero-order valence-corrected chi connectivity index (χ0v) is 13.5. The Balaban J connectivity index is 2.11. The Morgan fingerprint density at radius 1 is 1.40 bits per heavy atom. The zero-order valence-electron chi connectivity index (χ0n) is 13.5. The van der Waals surface area contributed by atoms with E-state index in [4.69, 9.17) is 0 Å². The molecule has 0 aliphatic heterocycles. The molecule has 20 heavy (non-hydrogen) atoms. The van der Waals surface area contributed by atoms with E-state index < -0.39 is 0 Å². The molecular weight excluding hydrogens is 248 g/mol. The van der Waals surface area contributed by atoms with Crippen LogP contribution in [-0.4, -0.2) is 41.0 Å². The third kappa shape index (κ3) is 3.29. The van der Waals surface area contributed by atoms with Gasteiger partial charge in [0, 0.05) is 18.3 Å². The van der Waals surface area contributed by atoms with E-state index in [0.29, 0.717) is 0 Å². The predicted molar refractivity (Wildman–Crippen MR) is 84.0 cm³/mol. The van der Waals surface area contributed by atoms with Gasteiger partial charge in [-0.15, -0.1) is 0 Å². The van der Waals surface area contributed by atoms with Gasteiger partial charge in [-0.25, -0.2) is 4.98 Å². The Morgan fingerprint density at radius 2 is 2.15 bits per heavy atom. The highest BCUT2D eigenvalue weighted by molar-refractivity contribution is 5.40. The molecule has 0 saturated heterocycles. The van der Waals surface area contributed by atoms with E-state index in [9.17, 15) is 0 Å². The summed E-state index contributed by atoms with van der Waals surface area (Å²) in [4.78, 5) is 11.4. The first-order valence-electron chi connectivity index (χ1n) is 7.64. The predicted octanol–water partition coefficient (Wildman–Crippen LogP) is 3.02. The zero-order chi connectivity index (χ0) is 14.8. The number of nitrogens with zero attached hydrogens (tertiary/aromatic N) is 3. The van der Waals surface area contributed by atoms with Crippen molar-refractivity contribution in [3.63, 3.8) is 0 Å². The third-order valence-electron chi connectivity index (χ3n) is 4.68. The first-order chi connectivity index (χ1) is 9.43. The summed E-state index contributed by atoms with van der Waals surface area (Å²) in [7, 11) is 4.41. The summed E-state index contributed by atoms with van der Waals surface area (Å²) in [5, 5.41) is 3.55. The Kier molecular flexibility index (Phi) is 4.63. The maximum atomic E-state index is 4.57. The van der Waals surface area contributed by atoms with E-state index in [2.05, 4.69) is 41.2 Å². The van der Waals surface area contributed by atoms with Crippen LogP contribution >= 0.6 is 0 Å². The summed E-state index contributed by atoms with van der Waals surface area (Å²) in [6, 6.07) is 0. The molecular formula is C16H28N4. The Bertz CT molecular complexity index is 458. The van der Waals surface area contributed by atoms with Gasteiger partial charge in [0.05, 0.1) is 11.4 Å². The number of aromatic nitrogens is 2. The van der Waals surface area contributed by atoms with Crippen molar-refractivity contribution in [2.45, 2.75) is 52.0 Å². The smallest absolute Gasteiger partial charge is 0.147 e. The third-order valence-corrected chi connectivity index (χ3v) is 4.68. The van der Waals surface area contributed by atoms with Crippen molar-refractivity contribution in [3.8, 4) is 0 Å². The van der Waals surface area contributed by atoms with Crippen LogP contribution in [0.15, 0.2) is 6.20 Å². The fourth-order valence-electron chi connectivity index (χ4n) is 3.31. The second-order valence-corrected chi connectivity index (χ2v) is 6.62. The van der Waals surface area contributed by atoms with Gasteiger partial charge in [0.15, 0.2) is 0 Å². The van der Waals surface area contributed by atoms with Gasteiger partial charge in [-0.1, -0.05) is 19.8 Å². The molecule has 0 aromatic carbocycles. The molecule has 4 heteroatoms. The van der Waals surface area contributed by atoms with Crippen molar-refractivity contribution in [2.24, 2.45) is 5.92 Å². The van der Waals surface area contributed by atoms with Crippen molar-refractivity contribution in [1.82, 2.24) is 14.9 Å². The molecule has 1 aromatic rings. The van der Waals surface area contributed by atoms with Gasteiger partial charge in [-0.3, -0.25) is 4.98 Å². The van der Waals surface area contributed by atoms with Gasteiger partial charge < -0.3 is 10.2 Å². The van der Waals surface area contributed by atoms with E-state index in [1.165, 1.54) is 25.7 Å². The van der Waals surface area contributed by atoms with Crippen molar-refractivity contribution in [1.29, 1.82) is 0 Å². The van der Waals surface area contributed by atoms with E-state index >= 15 is 0 Å². The lowest BCUT2D eigenvalue weighted by Crippen LogP contribution is -2.52. The fraction of sp³-hybridized carbons (Fsp3) is 0.750. The van der Waals surface area contributed by atoms with Gasteiger partial charge in [0.25, 0.3) is 0 Å². The normalized spacial score (nSPS) is 26.8. The minimum Gasteiger partial charge on any atom is -0.367 e. The lowest BCUT2D eigenvalue weighted by Gasteiger charge is -2.45. The topological polar surface area (TPSA) is 41.1 Å². The molecule has 112 valence electrons. The molecule has 0 amide bonds. The second-order valence-electron chi connectivity index (χ2n) is 6.62. The molecule has 1 fully saturated rings. The molecule has 2 unspecified atom stereocenters. The number of rotatable bonds is 4. The molecule has 2 rings (SSSR count). The van der Waals surface area contributed by atoms with Crippen LogP contribution in [0.25, 0.3) is 0 Å². The molecule has 1 heterocycles. The summed E-state index contributed by atoms with van der Waals surface area (Å²) < 4.78 is 0. The summed E-state index contributed by atoms with van der Waals surface area (Å²) in [6.07, 6.45) is 7.02. The molecule has 1 saturated carbocycles. The van der Waals surface area contributed by atoms with Crippen molar-refractivity contribution < 1.29 is 0 Å². The molecule has 1 aliphatic carbocycles. The van der Waals surface area contributed by atoms with Crippen LogP contribution in [-0.2, 0) is 0 Å². The first-order valence-corrected chi connectivity index (χ1v) is 7.64. The summed E-state index contributed by atoms with van der Waals surface area (Å²) in [6.45, 7) is 7.32. The van der Waals surface area contributed by atoms with Crippen molar-refractivity contribution in [2.75, 3.05) is 26.0 Å². The number of hydrogen-bond acceptors (Lipinski definition) is 4. The molecule has 1 N–H and O–H groups in total. The minimum atomic E-state index is 0.246. The van der Waals surface area contributed by atoms with Crippen LogP contribution < -0.4 is 5.32 Å². The Labute approximate surface area is 123 Å². The number of nitrogens with one attached hydrogen (secondary N) is 1. The highest BCUT2D eigenvalue weighted by Gasteiger charge is 2.36. The SMILES string of the molecule is Cc1cnc(C)c(NCC2(N(C)C)CCCC(C)C2)n1. The number of anilines is 1. The summed E-state index contributed by atoms with van der Waals surface area (Å²) >= 11 is 0. The lowest BCUT2D eigenvalue weighted by atomic mass is 9.75. The van der Waals surface area contributed by atoms with Crippen LogP contribution in [0.2, 0.25) is 0 Å². The largest absolute Gasteiger partial charge is 0.367 e. The number of likely N-dealkylation sites (N-methyl/N-ethyl adjacent to an activating group) is 1. The lowest BCUT2D eigenvalue weighted by molar-refractivity contribution is 0.0881. The molecule has 0 radical (unpaired) electrons. The minimum absolute atomic E-state index is 0.246. The van der Waals surface area contributed by atoms with Crippen LogP contribution in [0.3, 0.4) is 0 Å². The second kappa shape index (κ2) is 6.08. The van der Waals surface area contributed by atoms with Gasteiger partial charge in [0.1, 0.15) is 5.82 Å². The number of aryl methyl sites for hydroxylation is 2. The van der Waals surface area contributed by atoms with Crippen LogP contribution in [0.5, 0.6) is 0 Å². The fourth-order valence-corrected chi connectivity index (χ4v) is 3.31. The monoisotopic (exact) mass is 276 g/mol. The van der Waals surface area contributed by atoms with Crippen molar-refractivity contribution >= 4 is 5.82 Å². The molecule has 0 bridgehead atoms. The number of hydrogen-bond donors (Lipinski definition) is 1. The molecule has 2 atom stereocenters. The molecule has 1 aliphatic rings. The Hall–Kier alpha value is -1.16. The first kappa shape index (κ1) is 15.2. The highest BCUT2D eigenvalue weighted by Crippen LogP contribution is 2.35. The maximum Gasteiger partial charge on any atom is 0.147 e. The van der Waals surface area contributed by atoms with Gasteiger partial charge in [-0.05, 0) is 46.7 Å². The quantitative estimate of drug-likeness (QED) is 0.918. The van der Waals surface area contributed by atoms with Gasteiger partial charge in [-0.2, -0.15) is 0 Å². The van der Waals surface area contributed by atoms with Gasteiger partial charge in [0.2, 0.25) is 0 Å². The van der Waals surface area contributed by atoms with E-state index in [1.807, 2.05) is 20.0 Å². The standard InChI is InChI=1S/C16H28N4/c1-12-7-6-8-16(9-12,20(4)5)11-18-15-14(3)17-10-13(2)19-15/h10,12H,6-9,11H2,1-5H3,(H,18,19). The average molecular weight is 276 g/mol. The van der Waals surface area contributed by atoms with Crippen LogP contribution in [0.1, 0.15) is 44.0 Å². The van der Waals surface area contributed by atoms with Crippen molar-refractivity contribution in [3.05, 3.63) is 17.6 Å². The van der Waals surface area contributed by atoms with Crippen LogP contribution in [0, 0.1) is 19.8 Å². The van der Waals surface area contributed by atoms with Crippen LogP contribution in [0.4, 0.5) is 5.82 Å². The summed E-state index contributed by atoms with van der Waals surface area (Å²) in [5.41, 5.74) is 2.19. The molecule has 1 aromatic heterocycles. The maximum absolute atomic E-state index is 4.57. The van der Waals surface area contributed by atoms with E-state index in [-0.39, 0.29) is 5.54 Å².